The minimum absolute atomic E-state index is 0.159. The number of carboxylic acids is 1. The van der Waals surface area contributed by atoms with Crippen molar-refractivity contribution in [3.63, 3.8) is 0 Å². The molecule has 76 valence electrons. The van der Waals surface area contributed by atoms with Crippen LogP contribution in [0.4, 0.5) is 0 Å². The number of benzene rings is 1. The van der Waals surface area contributed by atoms with Crippen LogP contribution in [0.3, 0.4) is 0 Å². The van der Waals surface area contributed by atoms with Gasteiger partial charge in [-0.3, -0.25) is 9.89 Å². The number of carbonyl (C=O) groups is 1. The molecule has 3 rings (SSSR count). The van der Waals surface area contributed by atoms with Crippen LogP contribution in [0, 0.1) is 5.92 Å². The van der Waals surface area contributed by atoms with E-state index < -0.39 is 5.97 Å². The third-order valence-corrected chi connectivity index (χ3v) is 3.02. The highest BCUT2D eigenvalue weighted by atomic mass is 16.4. The summed E-state index contributed by atoms with van der Waals surface area (Å²) in [6.45, 7) is 0. The molecule has 2 aromatic rings. The molecule has 1 aromatic carbocycles. The molecule has 2 atom stereocenters. The minimum atomic E-state index is -0.698. The molecule has 2 unspecified atom stereocenters. The van der Waals surface area contributed by atoms with Gasteiger partial charge in [0, 0.05) is 11.3 Å². The van der Waals surface area contributed by atoms with Gasteiger partial charge in [-0.05, 0) is 12.0 Å². The topological polar surface area (TPSA) is 66.0 Å². The molecule has 1 fully saturated rings. The molecule has 0 saturated heterocycles. The standard InChI is InChI=1S/C11H10N2O2/c14-11(15)9-4-8(9)7-3-1-2-6-5-12-13-10(6)7/h1-3,5,8-9H,4H2,(H,12,13)(H,14,15). The summed E-state index contributed by atoms with van der Waals surface area (Å²) in [6.07, 6.45) is 2.50. The van der Waals surface area contributed by atoms with Crippen molar-refractivity contribution >= 4 is 16.9 Å². The van der Waals surface area contributed by atoms with E-state index in [-0.39, 0.29) is 11.8 Å². The molecule has 4 nitrogen and oxygen atoms in total. The van der Waals surface area contributed by atoms with Gasteiger partial charge in [0.2, 0.25) is 0 Å². The minimum Gasteiger partial charge on any atom is -0.481 e. The smallest absolute Gasteiger partial charge is 0.307 e. The third kappa shape index (κ3) is 1.21. The molecule has 1 aliphatic carbocycles. The SMILES string of the molecule is O=C(O)C1CC1c1cccc2cn[nH]c12. The fourth-order valence-electron chi connectivity index (χ4n) is 2.11. The average molecular weight is 202 g/mol. The van der Waals surface area contributed by atoms with Crippen molar-refractivity contribution in [2.45, 2.75) is 12.3 Å². The average Bonchev–Trinajstić information content (AvgIpc) is 2.87. The second-order valence-electron chi connectivity index (χ2n) is 3.97. The summed E-state index contributed by atoms with van der Waals surface area (Å²) in [5.41, 5.74) is 2.06. The molecular weight excluding hydrogens is 192 g/mol. The molecule has 2 N–H and O–H groups in total. The number of aliphatic carboxylic acids is 1. The first kappa shape index (κ1) is 8.47. The Morgan fingerprint density at radius 1 is 1.53 bits per heavy atom. The Hall–Kier alpha value is -1.84. The van der Waals surface area contributed by atoms with Crippen molar-refractivity contribution in [3.05, 3.63) is 30.0 Å². The highest BCUT2D eigenvalue weighted by Crippen LogP contribution is 2.49. The zero-order valence-corrected chi connectivity index (χ0v) is 7.97. The summed E-state index contributed by atoms with van der Waals surface area (Å²) in [7, 11) is 0. The zero-order chi connectivity index (χ0) is 10.4. The fourth-order valence-corrected chi connectivity index (χ4v) is 2.11. The second kappa shape index (κ2) is 2.82. The van der Waals surface area contributed by atoms with E-state index in [1.54, 1.807) is 6.20 Å². The first-order chi connectivity index (χ1) is 7.27. The molecule has 0 aliphatic heterocycles. The van der Waals surface area contributed by atoms with Gasteiger partial charge in [0.1, 0.15) is 0 Å². The van der Waals surface area contributed by atoms with Gasteiger partial charge >= 0.3 is 5.97 Å². The van der Waals surface area contributed by atoms with Crippen molar-refractivity contribution in [1.29, 1.82) is 0 Å². The van der Waals surface area contributed by atoms with Crippen LogP contribution in [-0.4, -0.2) is 21.3 Å². The fraction of sp³-hybridized carbons (Fsp3) is 0.273. The quantitative estimate of drug-likeness (QED) is 0.779. The molecule has 0 radical (unpaired) electrons. The number of carboxylic acid groups (broad SMARTS) is 1. The maximum atomic E-state index is 10.8. The van der Waals surface area contributed by atoms with Crippen LogP contribution in [0.15, 0.2) is 24.4 Å². The van der Waals surface area contributed by atoms with E-state index in [1.165, 1.54) is 0 Å². The number of rotatable bonds is 2. The van der Waals surface area contributed by atoms with Crippen LogP contribution < -0.4 is 0 Å². The van der Waals surface area contributed by atoms with Gasteiger partial charge in [0.25, 0.3) is 0 Å². The van der Waals surface area contributed by atoms with E-state index in [9.17, 15) is 4.79 Å². The van der Waals surface area contributed by atoms with Gasteiger partial charge < -0.3 is 5.11 Å². The summed E-state index contributed by atoms with van der Waals surface area (Å²) in [5, 5.41) is 16.8. The number of nitrogens with zero attached hydrogens (tertiary/aromatic N) is 1. The normalized spacial score (nSPS) is 24.3. The maximum Gasteiger partial charge on any atom is 0.307 e. The van der Waals surface area contributed by atoms with Crippen molar-refractivity contribution in [1.82, 2.24) is 10.2 Å². The highest BCUT2D eigenvalue weighted by Gasteiger charge is 2.45. The number of hydrogen-bond acceptors (Lipinski definition) is 2. The van der Waals surface area contributed by atoms with Crippen LogP contribution >= 0.6 is 0 Å². The van der Waals surface area contributed by atoms with Crippen LogP contribution in [0.2, 0.25) is 0 Å². The summed E-state index contributed by atoms with van der Waals surface area (Å²) in [6, 6.07) is 5.90. The van der Waals surface area contributed by atoms with E-state index in [1.807, 2.05) is 18.2 Å². The summed E-state index contributed by atoms with van der Waals surface area (Å²) in [5.74, 6) is -0.748. The van der Waals surface area contributed by atoms with Crippen molar-refractivity contribution < 1.29 is 9.90 Å². The van der Waals surface area contributed by atoms with E-state index in [0.717, 1.165) is 22.9 Å². The third-order valence-electron chi connectivity index (χ3n) is 3.02. The Bertz CT molecular complexity index is 532. The van der Waals surface area contributed by atoms with Gasteiger partial charge in [0.15, 0.2) is 0 Å². The van der Waals surface area contributed by atoms with E-state index >= 15 is 0 Å². The Labute approximate surface area is 85.9 Å². The number of aromatic nitrogens is 2. The Morgan fingerprint density at radius 2 is 2.40 bits per heavy atom. The van der Waals surface area contributed by atoms with Crippen LogP contribution in [0.5, 0.6) is 0 Å². The molecule has 1 saturated carbocycles. The number of aromatic amines is 1. The van der Waals surface area contributed by atoms with Gasteiger partial charge in [-0.15, -0.1) is 0 Å². The Morgan fingerprint density at radius 3 is 3.13 bits per heavy atom. The number of H-pyrrole nitrogens is 1. The summed E-state index contributed by atoms with van der Waals surface area (Å²) < 4.78 is 0. The lowest BCUT2D eigenvalue weighted by molar-refractivity contribution is -0.138. The van der Waals surface area contributed by atoms with Crippen molar-refractivity contribution in [3.8, 4) is 0 Å². The largest absolute Gasteiger partial charge is 0.481 e. The summed E-state index contributed by atoms with van der Waals surface area (Å²) in [4.78, 5) is 10.8. The van der Waals surface area contributed by atoms with Gasteiger partial charge in [-0.1, -0.05) is 18.2 Å². The lowest BCUT2D eigenvalue weighted by Crippen LogP contribution is -1.99. The van der Waals surface area contributed by atoms with Crippen molar-refractivity contribution in [2.24, 2.45) is 5.92 Å². The molecule has 0 bridgehead atoms. The molecule has 15 heavy (non-hydrogen) atoms. The second-order valence-corrected chi connectivity index (χ2v) is 3.97. The molecule has 1 aliphatic rings. The Kier molecular flexibility index (Phi) is 1.59. The lowest BCUT2D eigenvalue weighted by Gasteiger charge is -1.99. The molecule has 0 spiro atoms. The Balaban J connectivity index is 2.05. The predicted molar refractivity (Wildman–Crippen MR) is 54.6 cm³/mol. The first-order valence-electron chi connectivity index (χ1n) is 4.92. The van der Waals surface area contributed by atoms with E-state index in [4.69, 9.17) is 5.11 Å². The van der Waals surface area contributed by atoms with Crippen LogP contribution in [0.1, 0.15) is 17.9 Å². The predicted octanol–water partition coefficient (Wildman–Crippen LogP) is 1.75. The van der Waals surface area contributed by atoms with Crippen LogP contribution in [-0.2, 0) is 4.79 Å². The van der Waals surface area contributed by atoms with Gasteiger partial charge in [-0.25, -0.2) is 0 Å². The number of para-hydroxylation sites is 1. The summed E-state index contributed by atoms with van der Waals surface area (Å²) >= 11 is 0. The molecule has 4 heteroatoms. The molecule has 1 heterocycles. The van der Waals surface area contributed by atoms with Crippen LogP contribution in [0.25, 0.3) is 10.9 Å². The van der Waals surface area contributed by atoms with Gasteiger partial charge in [-0.2, -0.15) is 5.10 Å². The van der Waals surface area contributed by atoms with E-state index in [2.05, 4.69) is 10.2 Å². The lowest BCUT2D eigenvalue weighted by atomic mass is 10.1. The number of fused-ring (bicyclic) bond motifs is 1. The number of hydrogen-bond donors (Lipinski definition) is 2. The van der Waals surface area contributed by atoms with E-state index in [0.29, 0.717) is 0 Å². The monoisotopic (exact) mass is 202 g/mol. The molecular formula is C11H10N2O2. The van der Waals surface area contributed by atoms with Gasteiger partial charge in [0.05, 0.1) is 17.6 Å². The zero-order valence-electron chi connectivity index (χ0n) is 7.97. The first-order valence-corrected chi connectivity index (χ1v) is 4.92. The number of nitrogens with one attached hydrogen (secondary N) is 1. The highest BCUT2D eigenvalue weighted by molar-refractivity contribution is 5.84. The molecule has 1 aromatic heterocycles. The van der Waals surface area contributed by atoms with Crippen molar-refractivity contribution in [2.75, 3.05) is 0 Å². The maximum absolute atomic E-state index is 10.8. The molecule has 0 amide bonds.